The molecule has 0 spiro atoms. The first-order valence-electron chi connectivity index (χ1n) is 7.37. The molecule has 1 saturated carbocycles. The van der Waals surface area contributed by atoms with Gasteiger partial charge in [0.1, 0.15) is 0 Å². The number of likely N-dealkylation sites (tertiary alicyclic amines) is 1. The van der Waals surface area contributed by atoms with E-state index in [2.05, 4.69) is 32.6 Å². The van der Waals surface area contributed by atoms with Crippen LogP contribution in [-0.2, 0) is 0 Å². The van der Waals surface area contributed by atoms with Crippen molar-refractivity contribution in [2.45, 2.75) is 72.3 Å². The highest BCUT2D eigenvalue weighted by Crippen LogP contribution is 2.28. The molecule has 0 radical (unpaired) electrons. The van der Waals surface area contributed by atoms with Gasteiger partial charge < -0.3 is 4.90 Å². The number of rotatable bonds is 2. The van der Waals surface area contributed by atoms with Crippen LogP contribution in [0.15, 0.2) is 0 Å². The average Bonchev–Trinajstić information content (AvgIpc) is 2.16. The van der Waals surface area contributed by atoms with Crippen LogP contribution in [0.3, 0.4) is 0 Å². The van der Waals surface area contributed by atoms with Crippen LogP contribution in [-0.4, -0.2) is 24.0 Å². The summed E-state index contributed by atoms with van der Waals surface area (Å²) in [7, 11) is 0. The molecule has 1 heteroatoms. The highest BCUT2D eigenvalue weighted by molar-refractivity contribution is 4.83. The van der Waals surface area contributed by atoms with Crippen molar-refractivity contribution in [3.05, 3.63) is 0 Å². The summed E-state index contributed by atoms with van der Waals surface area (Å²) in [4.78, 5) is 2.72. The van der Waals surface area contributed by atoms with Gasteiger partial charge in [-0.2, -0.15) is 0 Å². The fourth-order valence-electron chi connectivity index (χ4n) is 2.31. The zero-order chi connectivity index (χ0) is 12.0. The standard InChI is InChI=1S/C10H19N.C5H12/c1-9-4-3-7-11(8-9)10-5-2-6-10;1-4-5(2)3/h9-10H,2-8H2,1H3;5H,4H2,1-3H3. The minimum absolute atomic E-state index is 0.884. The van der Waals surface area contributed by atoms with E-state index in [0.29, 0.717) is 0 Å². The Kier molecular flexibility index (Phi) is 6.41. The molecule has 1 heterocycles. The molecule has 0 amide bonds. The largest absolute Gasteiger partial charge is 0.300 e. The lowest BCUT2D eigenvalue weighted by Crippen LogP contribution is -2.45. The van der Waals surface area contributed by atoms with Crippen molar-refractivity contribution < 1.29 is 0 Å². The zero-order valence-electron chi connectivity index (χ0n) is 11.8. The van der Waals surface area contributed by atoms with E-state index in [1.165, 1.54) is 51.6 Å². The van der Waals surface area contributed by atoms with Crippen molar-refractivity contribution in [2.24, 2.45) is 11.8 Å². The summed E-state index contributed by atoms with van der Waals surface area (Å²) < 4.78 is 0. The van der Waals surface area contributed by atoms with Crippen LogP contribution in [0.25, 0.3) is 0 Å². The molecule has 16 heavy (non-hydrogen) atoms. The lowest BCUT2D eigenvalue weighted by molar-refractivity contribution is 0.0817. The number of piperidine rings is 1. The molecule has 0 aromatic heterocycles. The Hall–Kier alpha value is -0.0400. The lowest BCUT2D eigenvalue weighted by atomic mass is 9.88. The third kappa shape index (κ3) is 4.86. The summed E-state index contributed by atoms with van der Waals surface area (Å²) >= 11 is 0. The molecule has 1 aliphatic carbocycles. The van der Waals surface area contributed by atoms with Crippen LogP contribution in [0.2, 0.25) is 0 Å². The topological polar surface area (TPSA) is 3.24 Å². The van der Waals surface area contributed by atoms with Gasteiger partial charge in [0.2, 0.25) is 0 Å². The Labute approximate surface area is 103 Å². The Morgan fingerprint density at radius 3 is 2.12 bits per heavy atom. The van der Waals surface area contributed by atoms with E-state index < -0.39 is 0 Å². The SMILES string of the molecule is CC1CCCN(C2CCC2)C1.CCC(C)C. The monoisotopic (exact) mass is 225 g/mol. The highest BCUT2D eigenvalue weighted by Gasteiger charge is 2.27. The van der Waals surface area contributed by atoms with Crippen molar-refractivity contribution in [3.63, 3.8) is 0 Å². The van der Waals surface area contributed by atoms with Crippen LogP contribution < -0.4 is 0 Å². The smallest absolute Gasteiger partial charge is 0.00953 e. The quantitative estimate of drug-likeness (QED) is 0.676. The van der Waals surface area contributed by atoms with Gasteiger partial charge in [-0.05, 0) is 44.1 Å². The van der Waals surface area contributed by atoms with Crippen LogP contribution in [0.5, 0.6) is 0 Å². The molecule has 0 aromatic carbocycles. The first kappa shape index (κ1) is 14.0. The molecule has 1 saturated heterocycles. The molecular weight excluding hydrogens is 194 g/mol. The Balaban J connectivity index is 0.000000221. The van der Waals surface area contributed by atoms with Gasteiger partial charge in [-0.3, -0.25) is 0 Å². The van der Waals surface area contributed by atoms with Crippen LogP contribution >= 0.6 is 0 Å². The minimum Gasteiger partial charge on any atom is -0.300 e. The molecule has 2 rings (SSSR count). The fourth-order valence-corrected chi connectivity index (χ4v) is 2.31. The second-order valence-corrected chi connectivity index (χ2v) is 6.13. The van der Waals surface area contributed by atoms with Crippen LogP contribution in [0, 0.1) is 11.8 Å². The van der Waals surface area contributed by atoms with Gasteiger partial charge in [0.15, 0.2) is 0 Å². The molecule has 1 nitrogen and oxygen atoms in total. The van der Waals surface area contributed by atoms with Crippen molar-refractivity contribution in [2.75, 3.05) is 13.1 Å². The Bertz CT molecular complexity index is 172. The summed E-state index contributed by atoms with van der Waals surface area (Å²) in [5, 5.41) is 0. The van der Waals surface area contributed by atoms with Gasteiger partial charge >= 0.3 is 0 Å². The van der Waals surface area contributed by atoms with Gasteiger partial charge in [0.05, 0.1) is 0 Å². The van der Waals surface area contributed by atoms with Gasteiger partial charge in [-0.25, -0.2) is 0 Å². The summed E-state index contributed by atoms with van der Waals surface area (Å²) in [5.41, 5.74) is 0. The summed E-state index contributed by atoms with van der Waals surface area (Å²) in [6.45, 7) is 11.8. The van der Waals surface area contributed by atoms with E-state index in [1.54, 1.807) is 0 Å². The number of hydrogen-bond donors (Lipinski definition) is 0. The highest BCUT2D eigenvalue weighted by atomic mass is 15.2. The molecule has 0 bridgehead atoms. The van der Waals surface area contributed by atoms with Crippen molar-refractivity contribution >= 4 is 0 Å². The first-order valence-corrected chi connectivity index (χ1v) is 7.37. The average molecular weight is 225 g/mol. The van der Waals surface area contributed by atoms with E-state index in [1.807, 2.05) is 0 Å². The fraction of sp³-hybridized carbons (Fsp3) is 1.00. The summed E-state index contributed by atoms with van der Waals surface area (Å²) in [5.74, 6) is 1.85. The molecule has 0 aromatic rings. The zero-order valence-corrected chi connectivity index (χ0v) is 11.8. The third-order valence-electron chi connectivity index (χ3n) is 4.10. The molecule has 1 unspecified atom stereocenters. The molecular formula is C15H31N. The molecule has 2 aliphatic rings. The molecule has 2 fully saturated rings. The molecule has 1 aliphatic heterocycles. The van der Waals surface area contributed by atoms with E-state index in [0.717, 1.165) is 17.9 Å². The Morgan fingerprint density at radius 1 is 1.12 bits per heavy atom. The maximum atomic E-state index is 2.72. The molecule has 96 valence electrons. The second-order valence-electron chi connectivity index (χ2n) is 6.13. The van der Waals surface area contributed by atoms with E-state index in [9.17, 15) is 0 Å². The summed E-state index contributed by atoms with van der Waals surface area (Å²) in [6, 6.07) is 0.984. The lowest BCUT2D eigenvalue weighted by Gasteiger charge is -2.41. The first-order chi connectivity index (χ1) is 7.63. The van der Waals surface area contributed by atoms with Crippen molar-refractivity contribution in [1.29, 1.82) is 0 Å². The van der Waals surface area contributed by atoms with Gasteiger partial charge in [0, 0.05) is 12.6 Å². The van der Waals surface area contributed by atoms with Crippen molar-refractivity contribution in [3.8, 4) is 0 Å². The molecule has 0 N–H and O–H groups in total. The van der Waals surface area contributed by atoms with E-state index >= 15 is 0 Å². The number of hydrogen-bond acceptors (Lipinski definition) is 1. The minimum atomic E-state index is 0.884. The summed E-state index contributed by atoms with van der Waals surface area (Å²) in [6.07, 6.45) is 8.65. The second kappa shape index (κ2) is 7.32. The maximum absolute atomic E-state index is 2.72. The Morgan fingerprint density at radius 2 is 1.75 bits per heavy atom. The number of nitrogens with zero attached hydrogens (tertiary/aromatic N) is 1. The maximum Gasteiger partial charge on any atom is 0.00953 e. The van der Waals surface area contributed by atoms with Gasteiger partial charge in [-0.15, -0.1) is 0 Å². The van der Waals surface area contributed by atoms with Crippen LogP contribution in [0.4, 0.5) is 0 Å². The van der Waals surface area contributed by atoms with E-state index in [4.69, 9.17) is 0 Å². The van der Waals surface area contributed by atoms with Gasteiger partial charge in [-0.1, -0.05) is 40.5 Å². The molecule has 1 atom stereocenters. The van der Waals surface area contributed by atoms with Crippen molar-refractivity contribution in [1.82, 2.24) is 4.90 Å². The van der Waals surface area contributed by atoms with E-state index in [-0.39, 0.29) is 0 Å². The van der Waals surface area contributed by atoms with Gasteiger partial charge in [0.25, 0.3) is 0 Å². The third-order valence-corrected chi connectivity index (χ3v) is 4.10. The normalized spacial score (nSPS) is 27.2. The van der Waals surface area contributed by atoms with Crippen LogP contribution in [0.1, 0.15) is 66.2 Å². The predicted molar refractivity (Wildman–Crippen MR) is 72.7 cm³/mol. The predicted octanol–water partition coefficient (Wildman–Crippen LogP) is 4.32.